The van der Waals surface area contributed by atoms with Crippen LogP contribution < -0.4 is 16.4 Å². The van der Waals surface area contributed by atoms with Crippen molar-refractivity contribution in [2.75, 3.05) is 0 Å². The van der Waals surface area contributed by atoms with Crippen LogP contribution >= 0.6 is 0 Å². The molecule has 10 rings (SSSR count). The summed E-state index contributed by atoms with van der Waals surface area (Å²) in [7, 11) is 0. The van der Waals surface area contributed by atoms with Gasteiger partial charge in [0, 0.05) is 27.2 Å². The lowest BCUT2D eigenvalue weighted by Gasteiger charge is -2.29. The SMILES string of the molecule is Cc1cc(C)c(B2c3ccccc3-n3c4ccc5c6ccccc6oc5c4c4c5oc6ccccc6c5cc2c43)c(C)c1. The third-order valence-corrected chi connectivity index (χ3v) is 9.74. The van der Waals surface area contributed by atoms with Crippen molar-refractivity contribution < 1.29 is 8.83 Å². The van der Waals surface area contributed by atoms with Gasteiger partial charge in [-0.15, -0.1) is 0 Å². The van der Waals surface area contributed by atoms with E-state index in [1.54, 1.807) is 0 Å². The first-order valence-electron chi connectivity index (χ1n) is 15.0. The Morgan fingerprint density at radius 3 is 1.93 bits per heavy atom. The molecule has 0 unspecified atom stereocenters. The summed E-state index contributed by atoms with van der Waals surface area (Å²) in [5.41, 5.74) is 15.2. The van der Waals surface area contributed by atoms with Gasteiger partial charge in [0.25, 0.3) is 0 Å². The van der Waals surface area contributed by atoms with Gasteiger partial charge in [0.2, 0.25) is 6.71 Å². The second kappa shape index (κ2) is 7.99. The van der Waals surface area contributed by atoms with Crippen LogP contribution in [0.4, 0.5) is 0 Å². The second-order valence-electron chi connectivity index (χ2n) is 12.2. The van der Waals surface area contributed by atoms with E-state index in [0.717, 1.165) is 60.2 Å². The number of aryl methyl sites for hydroxylation is 3. The van der Waals surface area contributed by atoms with Crippen LogP contribution in [0.25, 0.3) is 71.4 Å². The quantitative estimate of drug-likeness (QED) is 0.192. The average Bonchev–Trinajstić information content (AvgIpc) is 3.68. The zero-order valence-corrected chi connectivity index (χ0v) is 24.2. The topological polar surface area (TPSA) is 31.2 Å². The predicted octanol–water partition coefficient (Wildman–Crippen LogP) is 8.34. The molecule has 4 heteroatoms. The van der Waals surface area contributed by atoms with Crippen molar-refractivity contribution in [3.8, 4) is 5.69 Å². The smallest absolute Gasteiger partial charge is 0.247 e. The Labute approximate surface area is 248 Å². The first-order chi connectivity index (χ1) is 21.1. The van der Waals surface area contributed by atoms with Gasteiger partial charge in [0.15, 0.2) is 0 Å². The Balaban J connectivity index is 1.51. The van der Waals surface area contributed by atoms with Crippen LogP contribution in [-0.2, 0) is 0 Å². The van der Waals surface area contributed by atoms with E-state index < -0.39 is 0 Å². The summed E-state index contributed by atoms with van der Waals surface area (Å²) in [4.78, 5) is 0. The molecule has 202 valence electrons. The summed E-state index contributed by atoms with van der Waals surface area (Å²) in [6.07, 6.45) is 0. The van der Waals surface area contributed by atoms with E-state index in [4.69, 9.17) is 8.83 Å². The van der Waals surface area contributed by atoms with Crippen LogP contribution in [-0.4, -0.2) is 11.3 Å². The zero-order valence-electron chi connectivity index (χ0n) is 24.2. The van der Waals surface area contributed by atoms with Crippen molar-refractivity contribution in [3.05, 3.63) is 120 Å². The number of fused-ring (bicyclic) bond motifs is 13. The highest BCUT2D eigenvalue weighted by molar-refractivity contribution is 6.98. The van der Waals surface area contributed by atoms with Gasteiger partial charge < -0.3 is 13.4 Å². The van der Waals surface area contributed by atoms with E-state index in [2.05, 4.69) is 122 Å². The van der Waals surface area contributed by atoms with E-state index in [1.165, 1.54) is 44.3 Å². The molecule has 4 heterocycles. The largest absolute Gasteiger partial charge is 0.455 e. The molecule has 6 aromatic carbocycles. The molecular formula is C39H26BNO2. The summed E-state index contributed by atoms with van der Waals surface area (Å²) >= 11 is 0. The molecule has 1 aliphatic heterocycles. The van der Waals surface area contributed by atoms with Gasteiger partial charge in [-0.2, -0.15) is 0 Å². The third kappa shape index (κ3) is 2.86. The fourth-order valence-electron chi connectivity index (χ4n) is 8.20. The number of furan rings is 2. The highest BCUT2D eigenvalue weighted by Crippen LogP contribution is 2.45. The Morgan fingerprint density at radius 2 is 1.19 bits per heavy atom. The van der Waals surface area contributed by atoms with Crippen LogP contribution in [0.2, 0.25) is 0 Å². The number of nitrogens with zero attached hydrogens (tertiary/aromatic N) is 1. The Kier molecular flexibility index (Phi) is 4.34. The summed E-state index contributed by atoms with van der Waals surface area (Å²) < 4.78 is 15.9. The van der Waals surface area contributed by atoms with Gasteiger partial charge in [-0.3, -0.25) is 0 Å². The van der Waals surface area contributed by atoms with Crippen molar-refractivity contribution >= 4 is 88.8 Å². The van der Waals surface area contributed by atoms with Crippen LogP contribution in [0.15, 0.2) is 112 Å². The monoisotopic (exact) mass is 551 g/mol. The maximum Gasteiger partial charge on any atom is 0.247 e. The number of hydrogen-bond donors (Lipinski definition) is 0. The number of aromatic nitrogens is 1. The normalized spacial score (nSPS) is 13.0. The molecule has 0 saturated carbocycles. The Bertz CT molecular complexity index is 2640. The van der Waals surface area contributed by atoms with E-state index in [-0.39, 0.29) is 6.71 Å². The molecule has 0 fully saturated rings. The highest BCUT2D eigenvalue weighted by Gasteiger charge is 2.37. The minimum atomic E-state index is 0.0836. The Morgan fingerprint density at radius 1 is 0.558 bits per heavy atom. The lowest BCUT2D eigenvalue weighted by molar-refractivity contribution is 0.670. The maximum atomic E-state index is 6.77. The minimum absolute atomic E-state index is 0.0836. The van der Waals surface area contributed by atoms with Crippen molar-refractivity contribution in [2.45, 2.75) is 20.8 Å². The standard InChI is InChI=1S/C39H26BNO2/c1-21-18-22(2)36(23(3)19-21)40-28-12-6-7-13-30(28)41-31-17-16-26-24-10-4-8-14-32(24)42-38(26)34(31)35-37(41)29(40)20-27-25-11-5-9-15-33(25)43-39(27)35/h4-20H,1-3H3. The minimum Gasteiger partial charge on any atom is -0.455 e. The molecular weight excluding hydrogens is 525 g/mol. The molecule has 1 aliphatic rings. The van der Waals surface area contributed by atoms with Crippen LogP contribution in [0, 0.1) is 20.8 Å². The van der Waals surface area contributed by atoms with Gasteiger partial charge in [-0.25, -0.2) is 0 Å². The molecule has 0 atom stereocenters. The van der Waals surface area contributed by atoms with Crippen LogP contribution in [0.5, 0.6) is 0 Å². The van der Waals surface area contributed by atoms with E-state index in [9.17, 15) is 0 Å². The molecule has 3 nitrogen and oxygen atoms in total. The average molecular weight is 551 g/mol. The van der Waals surface area contributed by atoms with Gasteiger partial charge in [-0.1, -0.05) is 94.9 Å². The van der Waals surface area contributed by atoms with E-state index >= 15 is 0 Å². The van der Waals surface area contributed by atoms with E-state index in [0.29, 0.717) is 0 Å². The van der Waals surface area contributed by atoms with Crippen LogP contribution in [0.3, 0.4) is 0 Å². The summed E-state index contributed by atoms with van der Waals surface area (Å²) in [5.74, 6) is 0. The van der Waals surface area contributed by atoms with Crippen molar-refractivity contribution in [3.63, 3.8) is 0 Å². The van der Waals surface area contributed by atoms with Gasteiger partial charge >= 0.3 is 0 Å². The van der Waals surface area contributed by atoms with Crippen molar-refractivity contribution in [1.82, 2.24) is 4.57 Å². The molecule has 3 aromatic heterocycles. The second-order valence-corrected chi connectivity index (χ2v) is 12.2. The predicted molar refractivity (Wildman–Crippen MR) is 181 cm³/mol. The lowest BCUT2D eigenvalue weighted by Crippen LogP contribution is -2.57. The molecule has 43 heavy (non-hydrogen) atoms. The number of para-hydroxylation sites is 3. The van der Waals surface area contributed by atoms with Gasteiger partial charge in [-0.05, 0) is 62.0 Å². The number of hydrogen-bond acceptors (Lipinski definition) is 2. The Hall–Kier alpha value is -5.22. The molecule has 0 amide bonds. The molecule has 0 radical (unpaired) electrons. The molecule has 0 spiro atoms. The summed E-state index contributed by atoms with van der Waals surface area (Å²) in [6.45, 7) is 6.81. The van der Waals surface area contributed by atoms with Crippen LogP contribution in [0.1, 0.15) is 16.7 Å². The molecule has 9 aromatic rings. The maximum absolute atomic E-state index is 6.77. The van der Waals surface area contributed by atoms with Crippen molar-refractivity contribution in [2.24, 2.45) is 0 Å². The summed E-state index contributed by atoms with van der Waals surface area (Å²) in [5, 5.41) is 6.80. The fraction of sp³-hybridized carbons (Fsp3) is 0.0769. The molecule has 0 bridgehead atoms. The van der Waals surface area contributed by atoms with Gasteiger partial charge in [0.05, 0.1) is 21.8 Å². The molecule has 0 aliphatic carbocycles. The zero-order chi connectivity index (χ0) is 28.6. The number of benzene rings is 6. The highest BCUT2D eigenvalue weighted by atomic mass is 16.3. The molecule has 0 saturated heterocycles. The van der Waals surface area contributed by atoms with Gasteiger partial charge in [0.1, 0.15) is 22.3 Å². The molecule has 0 N–H and O–H groups in total. The number of rotatable bonds is 1. The third-order valence-electron chi connectivity index (χ3n) is 9.74. The van der Waals surface area contributed by atoms with E-state index in [1.807, 2.05) is 6.07 Å². The van der Waals surface area contributed by atoms with Crippen molar-refractivity contribution in [1.29, 1.82) is 0 Å². The fourth-order valence-corrected chi connectivity index (χ4v) is 8.20. The first kappa shape index (κ1) is 23.4. The first-order valence-corrected chi connectivity index (χ1v) is 15.0. The summed E-state index contributed by atoms with van der Waals surface area (Å²) in [6, 6.07) is 37.3. The lowest BCUT2D eigenvalue weighted by atomic mass is 9.34.